The van der Waals surface area contributed by atoms with Gasteiger partial charge in [0.15, 0.2) is 0 Å². The van der Waals surface area contributed by atoms with E-state index in [1.807, 2.05) is 61.3 Å². The fourth-order valence-electron chi connectivity index (χ4n) is 4.20. The average molecular weight is 391 g/mol. The summed E-state index contributed by atoms with van der Waals surface area (Å²) in [6.07, 6.45) is 8.08. The van der Waals surface area contributed by atoms with Gasteiger partial charge < -0.3 is 10.2 Å². The number of hydrogen-bond donors (Lipinski definition) is 1. The highest BCUT2D eigenvalue weighted by atomic mass is 16.2. The van der Waals surface area contributed by atoms with Crippen molar-refractivity contribution >= 4 is 11.8 Å². The number of carbonyl (C=O) groups is 2. The maximum atomic E-state index is 12.9. The minimum atomic E-state index is -0.00495. The van der Waals surface area contributed by atoms with Gasteiger partial charge in [-0.25, -0.2) is 0 Å². The smallest absolute Gasteiger partial charge is 0.253 e. The van der Waals surface area contributed by atoms with Crippen LogP contribution in [0.5, 0.6) is 0 Å². The first kappa shape index (κ1) is 19.7. The highest BCUT2D eigenvalue weighted by Crippen LogP contribution is 2.27. The highest BCUT2D eigenvalue weighted by molar-refractivity contribution is 5.97. The molecule has 29 heavy (non-hydrogen) atoms. The van der Waals surface area contributed by atoms with Gasteiger partial charge in [0.2, 0.25) is 0 Å². The molecule has 0 heterocycles. The van der Waals surface area contributed by atoms with Crippen LogP contribution in [0.1, 0.15) is 71.2 Å². The van der Waals surface area contributed by atoms with E-state index in [4.69, 9.17) is 0 Å². The molecule has 2 aromatic rings. The predicted octanol–water partition coefficient (Wildman–Crippen LogP) is 4.96. The molecular formula is C25H30N2O2. The Morgan fingerprint density at radius 2 is 1.55 bits per heavy atom. The lowest BCUT2D eigenvalue weighted by molar-refractivity contribution is 0.0696. The molecule has 4 nitrogen and oxygen atoms in total. The quantitative estimate of drug-likeness (QED) is 0.784. The lowest BCUT2D eigenvalue weighted by Gasteiger charge is -2.31. The lowest BCUT2D eigenvalue weighted by Crippen LogP contribution is -2.38. The van der Waals surface area contributed by atoms with Crippen LogP contribution in [0.15, 0.2) is 42.5 Å². The second-order valence-corrected chi connectivity index (χ2v) is 8.56. The van der Waals surface area contributed by atoms with Crippen molar-refractivity contribution in [3.63, 3.8) is 0 Å². The van der Waals surface area contributed by atoms with Crippen molar-refractivity contribution in [2.45, 2.75) is 64.0 Å². The van der Waals surface area contributed by atoms with Gasteiger partial charge >= 0.3 is 0 Å². The second-order valence-electron chi connectivity index (χ2n) is 8.56. The molecule has 2 fully saturated rings. The summed E-state index contributed by atoms with van der Waals surface area (Å²) in [5.74, 6) is 0.0902. The van der Waals surface area contributed by atoms with Crippen molar-refractivity contribution in [2.24, 2.45) is 0 Å². The molecule has 1 N–H and O–H groups in total. The first-order chi connectivity index (χ1) is 14.0. The fourth-order valence-corrected chi connectivity index (χ4v) is 4.20. The molecule has 0 saturated heterocycles. The van der Waals surface area contributed by atoms with Gasteiger partial charge in [0.25, 0.3) is 11.8 Å². The lowest BCUT2D eigenvalue weighted by atomic mass is 9.93. The summed E-state index contributed by atoms with van der Waals surface area (Å²) in [6, 6.07) is 14.3. The van der Waals surface area contributed by atoms with Gasteiger partial charge in [-0.1, -0.05) is 37.5 Å². The number of rotatable bonds is 5. The average Bonchev–Trinajstić information content (AvgIpc) is 3.58. The first-order valence-electron chi connectivity index (χ1n) is 10.8. The van der Waals surface area contributed by atoms with Gasteiger partial charge in [0, 0.05) is 30.3 Å². The minimum absolute atomic E-state index is 0.00495. The molecule has 0 aliphatic heterocycles. The number of hydrogen-bond acceptors (Lipinski definition) is 2. The summed E-state index contributed by atoms with van der Waals surface area (Å²) in [4.78, 5) is 27.2. The number of amides is 2. The molecule has 0 bridgehead atoms. The standard InChI is InChI=1S/C25H30N2O2/c1-17-8-9-20(24(28)26-21-14-15-21)16-23(17)18-10-12-19(13-11-18)25(29)27(2)22-6-4-3-5-7-22/h8-13,16,21-22H,3-7,14-15H2,1-2H3,(H,26,28). The van der Waals surface area contributed by atoms with Crippen molar-refractivity contribution in [2.75, 3.05) is 7.05 Å². The van der Waals surface area contributed by atoms with Gasteiger partial charge in [-0.05, 0) is 73.6 Å². The summed E-state index contributed by atoms with van der Waals surface area (Å²) in [5, 5.41) is 3.05. The van der Waals surface area contributed by atoms with E-state index in [1.54, 1.807) is 0 Å². The van der Waals surface area contributed by atoms with Gasteiger partial charge in [0.1, 0.15) is 0 Å². The zero-order valence-electron chi connectivity index (χ0n) is 17.4. The number of nitrogens with one attached hydrogen (secondary N) is 1. The highest BCUT2D eigenvalue weighted by Gasteiger charge is 2.24. The van der Waals surface area contributed by atoms with E-state index in [0.717, 1.165) is 47.9 Å². The molecule has 0 unspecified atom stereocenters. The zero-order valence-corrected chi connectivity index (χ0v) is 17.4. The van der Waals surface area contributed by atoms with Crippen LogP contribution in [0, 0.1) is 6.92 Å². The van der Waals surface area contributed by atoms with Crippen molar-refractivity contribution in [1.29, 1.82) is 0 Å². The molecule has 4 heteroatoms. The Hall–Kier alpha value is -2.62. The second kappa shape index (κ2) is 8.40. The number of aryl methyl sites for hydroxylation is 1. The Kier molecular flexibility index (Phi) is 5.70. The van der Waals surface area contributed by atoms with E-state index in [0.29, 0.717) is 17.6 Å². The Labute approximate surface area is 173 Å². The Morgan fingerprint density at radius 1 is 0.897 bits per heavy atom. The third-order valence-corrected chi connectivity index (χ3v) is 6.30. The fraction of sp³-hybridized carbons (Fsp3) is 0.440. The van der Waals surface area contributed by atoms with Crippen molar-refractivity contribution < 1.29 is 9.59 Å². The van der Waals surface area contributed by atoms with Crippen LogP contribution < -0.4 is 5.32 Å². The minimum Gasteiger partial charge on any atom is -0.349 e. The van der Waals surface area contributed by atoms with Gasteiger partial charge in [-0.15, -0.1) is 0 Å². The number of benzene rings is 2. The molecule has 4 rings (SSSR count). The maximum Gasteiger partial charge on any atom is 0.253 e. The molecule has 0 radical (unpaired) electrons. The molecule has 2 aliphatic carbocycles. The van der Waals surface area contributed by atoms with E-state index in [9.17, 15) is 9.59 Å². The topological polar surface area (TPSA) is 49.4 Å². The summed E-state index contributed by atoms with van der Waals surface area (Å²) < 4.78 is 0. The van der Waals surface area contributed by atoms with E-state index in [-0.39, 0.29) is 11.8 Å². The van der Waals surface area contributed by atoms with E-state index in [2.05, 4.69) is 5.32 Å². The molecule has 0 spiro atoms. The summed E-state index contributed by atoms with van der Waals surface area (Å²) >= 11 is 0. The maximum absolute atomic E-state index is 12.9. The molecule has 152 valence electrons. The van der Waals surface area contributed by atoms with Crippen molar-refractivity contribution in [1.82, 2.24) is 10.2 Å². The van der Waals surface area contributed by atoms with Crippen LogP contribution in [-0.4, -0.2) is 35.8 Å². The predicted molar refractivity (Wildman–Crippen MR) is 116 cm³/mol. The summed E-state index contributed by atoms with van der Waals surface area (Å²) in [5.41, 5.74) is 4.59. The molecule has 2 amide bonds. The SMILES string of the molecule is Cc1ccc(C(=O)NC2CC2)cc1-c1ccc(C(=O)N(C)C2CCCCC2)cc1. The molecule has 0 atom stereocenters. The van der Waals surface area contributed by atoms with Gasteiger partial charge in [-0.2, -0.15) is 0 Å². The monoisotopic (exact) mass is 390 g/mol. The first-order valence-corrected chi connectivity index (χ1v) is 10.8. The third kappa shape index (κ3) is 4.52. The molecule has 2 aromatic carbocycles. The van der Waals surface area contributed by atoms with Crippen LogP contribution in [0.25, 0.3) is 11.1 Å². The van der Waals surface area contributed by atoms with Crippen LogP contribution >= 0.6 is 0 Å². The largest absolute Gasteiger partial charge is 0.349 e. The molecular weight excluding hydrogens is 360 g/mol. The summed E-state index contributed by atoms with van der Waals surface area (Å²) in [7, 11) is 1.93. The van der Waals surface area contributed by atoms with Gasteiger partial charge in [0.05, 0.1) is 0 Å². The van der Waals surface area contributed by atoms with E-state index < -0.39 is 0 Å². The number of nitrogens with zero attached hydrogens (tertiary/aromatic N) is 1. The Bertz CT molecular complexity index is 894. The van der Waals surface area contributed by atoms with Crippen molar-refractivity contribution in [3.8, 4) is 11.1 Å². The molecule has 0 aromatic heterocycles. The van der Waals surface area contributed by atoms with Crippen LogP contribution in [-0.2, 0) is 0 Å². The Balaban J connectivity index is 1.51. The zero-order chi connectivity index (χ0) is 20.4. The summed E-state index contributed by atoms with van der Waals surface area (Å²) in [6.45, 7) is 2.05. The van der Waals surface area contributed by atoms with E-state index >= 15 is 0 Å². The van der Waals surface area contributed by atoms with Crippen LogP contribution in [0.2, 0.25) is 0 Å². The van der Waals surface area contributed by atoms with E-state index in [1.165, 1.54) is 19.3 Å². The van der Waals surface area contributed by atoms with Gasteiger partial charge in [-0.3, -0.25) is 9.59 Å². The third-order valence-electron chi connectivity index (χ3n) is 6.30. The van der Waals surface area contributed by atoms with Crippen molar-refractivity contribution in [3.05, 3.63) is 59.2 Å². The van der Waals surface area contributed by atoms with Crippen LogP contribution in [0.4, 0.5) is 0 Å². The number of carbonyl (C=O) groups excluding carboxylic acids is 2. The molecule has 2 saturated carbocycles. The molecule has 2 aliphatic rings. The van der Waals surface area contributed by atoms with Crippen LogP contribution in [0.3, 0.4) is 0 Å². The normalized spacial score (nSPS) is 17.0. The Morgan fingerprint density at radius 3 is 2.21 bits per heavy atom.